The van der Waals surface area contributed by atoms with Crippen molar-refractivity contribution in [1.82, 2.24) is 0 Å². The van der Waals surface area contributed by atoms with Gasteiger partial charge in [0.1, 0.15) is 0 Å². The molecule has 0 unspecified atom stereocenters. The molecule has 0 spiro atoms. The van der Waals surface area contributed by atoms with E-state index in [9.17, 15) is 9.59 Å². The molecule has 0 aliphatic heterocycles. The molecule has 2 amide bonds. The van der Waals surface area contributed by atoms with E-state index >= 15 is 0 Å². The smallest absolute Gasteiger partial charge is 0.226 e. The van der Waals surface area contributed by atoms with E-state index in [4.69, 9.17) is 0 Å². The van der Waals surface area contributed by atoms with E-state index in [1.807, 2.05) is 47.9 Å². The standard InChI is InChI=1S/C30H44N2O2/c1-5-31(27-19-15-17-25(3)23-27)29(33)21-13-11-9-7-8-10-12-14-22-30(34)32(6-2)28-20-16-18-26(4)24-28/h15-20,23-24H,5-14,21-22H2,1-4H3. The van der Waals surface area contributed by atoms with Crippen LogP contribution >= 0.6 is 0 Å². The Bertz CT molecular complexity index is 819. The number of unbranched alkanes of at least 4 members (excludes halogenated alkanes) is 7. The summed E-state index contributed by atoms with van der Waals surface area (Å²) in [6, 6.07) is 16.3. The molecule has 186 valence electrons. The van der Waals surface area contributed by atoms with Crippen LogP contribution in [-0.4, -0.2) is 24.9 Å². The van der Waals surface area contributed by atoms with Gasteiger partial charge in [-0.25, -0.2) is 0 Å². The monoisotopic (exact) mass is 464 g/mol. The number of hydrogen-bond donors (Lipinski definition) is 0. The summed E-state index contributed by atoms with van der Waals surface area (Å²) in [5.74, 6) is 0.453. The predicted octanol–water partition coefficient (Wildman–Crippen LogP) is 7.61. The number of amides is 2. The predicted molar refractivity (Wildman–Crippen MR) is 145 cm³/mol. The van der Waals surface area contributed by atoms with Crippen molar-refractivity contribution in [2.45, 2.75) is 91.9 Å². The molecular formula is C30H44N2O2. The zero-order valence-electron chi connectivity index (χ0n) is 21.8. The summed E-state index contributed by atoms with van der Waals surface area (Å²) in [5.41, 5.74) is 4.38. The van der Waals surface area contributed by atoms with Gasteiger partial charge in [0.25, 0.3) is 0 Å². The van der Waals surface area contributed by atoms with E-state index in [1.165, 1.54) is 36.8 Å². The Morgan fingerprint density at radius 3 is 1.26 bits per heavy atom. The SMILES string of the molecule is CCN(C(=O)CCCCCCCCCCC(=O)N(CC)c1cccc(C)c1)c1cccc(C)c1. The van der Waals surface area contributed by atoms with E-state index in [0.717, 1.165) is 37.1 Å². The molecule has 0 heterocycles. The van der Waals surface area contributed by atoms with Crippen molar-refractivity contribution in [1.29, 1.82) is 0 Å². The van der Waals surface area contributed by atoms with Gasteiger partial charge < -0.3 is 9.80 Å². The first-order valence-electron chi connectivity index (χ1n) is 13.2. The maximum absolute atomic E-state index is 12.6. The summed E-state index contributed by atoms with van der Waals surface area (Å²) in [6.07, 6.45) is 10.2. The Labute approximate surface area is 207 Å². The molecule has 0 aliphatic carbocycles. The van der Waals surface area contributed by atoms with Crippen molar-refractivity contribution in [3.63, 3.8) is 0 Å². The normalized spacial score (nSPS) is 10.8. The van der Waals surface area contributed by atoms with E-state index in [2.05, 4.69) is 38.1 Å². The molecule has 0 N–H and O–H groups in total. The summed E-state index contributed by atoms with van der Waals surface area (Å²) in [5, 5.41) is 0. The number of carbonyl (C=O) groups is 2. The van der Waals surface area contributed by atoms with Crippen LogP contribution in [0.15, 0.2) is 48.5 Å². The van der Waals surface area contributed by atoms with Gasteiger partial charge in [-0.2, -0.15) is 0 Å². The van der Waals surface area contributed by atoms with Gasteiger partial charge >= 0.3 is 0 Å². The molecule has 0 aliphatic rings. The van der Waals surface area contributed by atoms with Crippen molar-refractivity contribution in [2.75, 3.05) is 22.9 Å². The highest BCUT2D eigenvalue weighted by atomic mass is 16.2. The van der Waals surface area contributed by atoms with Crippen molar-refractivity contribution in [3.05, 3.63) is 59.7 Å². The molecule has 2 aromatic rings. The van der Waals surface area contributed by atoms with Gasteiger partial charge in [-0.15, -0.1) is 0 Å². The summed E-state index contributed by atoms with van der Waals surface area (Å²) in [4.78, 5) is 29.0. The highest BCUT2D eigenvalue weighted by Gasteiger charge is 2.14. The van der Waals surface area contributed by atoms with Crippen LogP contribution in [0.4, 0.5) is 11.4 Å². The summed E-state index contributed by atoms with van der Waals surface area (Å²) >= 11 is 0. The minimum atomic E-state index is 0.226. The van der Waals surface area contributed by atoms with E-state index in [0.29, 0.717) is 25.9 Å². The average Bonchev–Trinajstić information content (AvgIpc) is 2.81. The number of aryl methyl sites for hydroxylation is 2. The molecule has 2 aromatic carbocycles. The Balaban J connectivity index is 1.54. The second kappa shape index (κ2) is 15.3. The summed E-state index contributed by atoms with van der Waals surface area (Å²) < 4.78 is 0. The van der Waals surface area contributed by atoms with Crippen molar-refractivity contribution in [2.24, 2.45) is 0 Å². The largest absolute Gasteiger partial charge is 0.313 e. The van der Waals surface area contributed by atoms with Crippen LogP contribution in [0.5, 0.6) is 0 Å². The summed E-state index contributed by atoms with van der Waals surface area (Å²) in [7, 11) is 0. The molecule has 0 fully saturated rings. The zero-order chi connectivity index (χ0) is 24.8. The third-order valence-corrected chi connectivity index (χ3v) is 6.39. The molecule has 0 aromatic heterocycles. The number of nitrogens with zero attached hydrogens (tertiary/aromatic N) is 2. The molecule has 34 heavy (non-hydrogen) atoms. The van der Waals surface area contributed by atoms with Gasteiger partial charge in [0.15, 0.2) is 0 Å². The third kappa shape index (κ3) is 9.32. The maximum Gasteiger partial charge on any atom is 0.226 e. The second-order valence-electron chi connectivity index (χ2n) is 9.28. The maximum atomic E-state index is 12.6. The lowest BCUT2D eigenvalue weighted by Gasteiger charge is -2.21. The molecule has 0 atom stereocenters. The van der Waals surface area contributed by atoms with Gasteiger partial charge in [-0.3, -0.25) is 9.59 Å². The van der Waals surface area contributed by atoms with Crippen LogP contribution in [0.2, 0.25) is 0 Å². The van der Waals surface area contributed by atoms with E-state index in [1.54, 1.807) is 0 Å². The highest BCUT2D eigenvalue weighted by molar-refractivity contribution is 5.93. The fourth-order valence-electron chi connectivity index (χ4n) is 4.48. The van der Waals surface area contributed by atoms with Crippen molar-refractivity contribution >= 4 is 23.2 Å². The number of hydrogen-bond acceptors (Lipinski definition) is 2. The Morgan fingerprint density at radius 1 is 0.588 bits per heavy atom. The molecule has 0 radical (unpaired) electrons. The first kappa shape index (κ1) is 27.6. The number of benzene rings is 2. The molecular weight excluding hydrogens is 420 g/mol. The fourth-order valence-corrected chi connectivity index (χ4v) is 4.48. The van der Waals surface area contributed by atoms with Crippen LogP contribution in [0.25, 0.3) is 0 Å². The molecule has 0 saturated carbocycles. The van der Waals surface area contributed by atoms with Gasteiger partial charge in [0.2, 0.25) is 11.8 Å². The minimum absolute atomic E-state index is 0.226. The van der Waals surface area contributed by atoms with Gasteiger partial charge in [-0.1, -0.05) is 62.8 Å². The van der Waals surface area contributed by atoms with Crippen LogP contribution in [0.3, 0.4) is 0 Å². The number of rotatable bonds is 15. The van der Waals surface area contributed by atoms with Crippen LogP contribution in [-0.2, 0) is 9.59 Å². The Hall–Kier alpha value is -2.62. The summed E-state index contributed by atoms with van der Waals surface area (Å²) in [6.45, 7) is 9.62. The lowest BCUT2D eigenvalue weighted by molar-refractivity contribution is -0.119. The molecule has 4 heteroatoms. The third-order valence-electron chi connectivity index (χ3n) is 6.39. The lowest BCUT2D eigenvalue weighted by atomic mass is 10.1. The number of carbonyl (C=O) groups excluding carboxylic acids is 2. The van der Waals surface area contributed by atoms with Crippen LogP contribution in [0.1, 0.15) is 89.2 Å². The van der Waals surface area contributed by atoms with Gasteiger partial charge in [0, 0.05) is 37.3 Å². The van der Waals surface area contributed by atoms with Crippen LogP contribution < -0.4 is 9.80 Å². The quantitative estimate of drug-likeness (QED) is 0.254. The first-order chi connectivity index (χ1) is 16.5. The van der Waals surface area contributed by atoms with Crippen molar-refractivity contribution in [3.8, 4) is 0 Å². The second-order valence-corrected chi connectivity index (χ2v) is 9.28. The minimum Gasteiger partial charge on any atom is -0.313 e. The fraction of sp³-hybridized carbons (Fsp3) is 0.533. The highest BCUT2D eigenvalue weighted by Crippen LogP contribution is 2.19. The van der Waals surface area contributed by atoms with E-state index in [-0.39, 0.29) is 11.8 Å². The molecule has 4 nitrogen and oxygen atoms in total. The van der Waals surface area contributed by atoms with Gasteiger partial charge in [0.05, 0.1) is 0 Å². The van der Waals surface area contributed by atoms with E-state index < -0.39 is 0 Å². The number of anilines is 2. The lowest BCUT2D eigenvalue weighted by Crippen LogP contribution is -2.30. The topological polar surface area (TPSA) is 40.6 Å². The molecule has 0 bridgehead atoms. The Morgan fingerprint density at radius 2 is 0.941 bits per heavy atom. The van der Waals surface area contributed by atoms with Gasteiger partial charge in [-0.05, 0) is 75.9 Å². The zero-order valence-corrected chi connectivity index (χ0v) is 21.8. The average molecular weight is 465 g/mol. The van der Waals surface area contributed by atoms with Crippen LogP contribution in [0, 0.1) is 13.8 Å². The molecule has 0 saturated heterocycles. The first-order valence-corrected chi connectivity index (χ1v) is 13.2. The Kier molecular flexibility index (Phi) is 12.4. The molecule has 2 rings (SSSR count). The van der Waals surface area contributed by atoms with Crippen molar-refractivity contribution < 1.29 is 9.59 Å².